The SMILES string of the molecule is COc1ccc(S(=O)(=O)N(CC(=O)N/N=C(/C)c2ccc(C(C)(C)C)cc2)c2ccc(C)cc2)cc1OC. The highest BCUT2D eigenvalue weighted by molar-refractivity contribution is 7.92. The van der Waals surface area contributed by atoms with Crippen LogP contribution in [0.25, 0.3) is 0 Å². The summed E-state index contributed by atoms with van der Waals surface area (Å²) in [6.45, 7) is 9.62. The highest BCUT2D eigenvalue weighted by Crippen LogP contribution is 2.32. The Morgan fingerprint density at radius 3 is 2.08 bits per heavy atom. The topological polar surface area (TPSA) is 97.3 Å². The molecule has 3 aromatic rings. The van der Waals surface area contributed by atoms with Crippen LogP contribution >= 0.6 is 0 Å². The number of carbonyl (C=O) groups is 1. The second-order valence-electron chi connectivity index (χ2n) is 9.92. The van der Waals surface area contributed by atoms with Gasteiger partial charge in [0, 0.05) is 6.07 Å². The number of hydrogen-bond acceptors (Lipinski definition) is 6. The summed E-state index contributed by atoms with van der Waals surface area (Å²) >= 11 is 0. The zero-order chi connectivity index (χ0) is 28.1. The molecule has 3 aromatic carbocycles. The molecule has 3 rings (SSSR count). The van der Waals surface area contributed by atoms with Crippen LogP contribution in [0.15, 0.2) is 76.7 Å². The fraction of sp³-hybridized carbons (Fsp3) is 0.310. The van der Waals surface area contributed by atoms with Crippen molar-refractivity contribution in [2.45, 2.75) is 44.9 Å². The Kier molecular flexibility index (Phi) is 8.83. The van der Waals surface area contributed by atoms with E-state index in [1.54, 1.807) is 31.2 Å². The zero-order valence-electron chi connectivity index (χ0n) is 22.9. The van der Waals surface area contributed by atoms with Crippen LogP contribution in [0.5, 0.6) is 11.5 Å². The van der Waals surface area contributed by atoms with Crippen molar-refractivity contribution in [3.8, 4) is 11.5 Å². The van der Waals surface area contributed by atoms with Crippen molar-refractivity contribution in [3.63, 3.8) is 0 Å². The molecule has 0 aliphatic carbocycles. The zero-order valence-corrected chi connectivity index (χ0v) is 23.7. The number of aryl methyl sites for hydroxylation is 1. The Labute approximate surface area is 225 Å². The lowest BCUT2D eigenvalue weighted by Crippen LogP contribution is -2.39. The summed E-state index contributed by atoms with van der Waals surface area (Å²) in [7, 11) is -1.24. The van der Waals surface area contributed by atoms with Gasteiger partial charge in [0.2, 0.25) is 0 Å². The maximum Gasteiger partial charge on any atom is 0.264 e. The van der Waals surface area contributed by atoms with Crippen molar-refractivity contribution in [1.29, 1.82) is 0 Å². The lowest BCUT2D eigenvalue weighted by atomic mass is 9.86. The Balaban J connectivity index is 1.88. The predicted octanol–water partition coefficient (Wildman–Crippen LogP) is 5.05. The number of sulfonamides is 1. The first-order chi connectivity index (χ1) is 17.9. The average Bonchev–Trinajstić information content (AvgIpc) is 2.90. The minimum absolute atomic E-state index is 0.0244. The molecule has 0 aliphatic heterocycles. The van der Waals surface area contributed by atoms with Crippen molar-refractivity contribution < 1.29 is 22.7 Å². The van der Waals surface area contributed by atoms with Crippen LogP contribution in [-0.4, -0.2) is 40.8 Å². The molecule has 0 spiro atoms. The summed E-state index contributed by atoms with van der Waals surface area (Å²) in [6.07, 6.45) is 0. The summed E-state index contributed by atoms with van der Waals surface area (Å²) < 4.78 is 39.0. The van der Waals surface area contributed by atoms with Crippen molar-refractivity contribution in [2.75, 3.05) is 25.1 Å². The number of hydrogen-bond donors (Lipinski definition) is 1. The van der Waals surface area contributed by atoms with E-state index in [0.29, 0.717) is 17.1 Å². The van der Waals surface area contributed by atoms with Crippen LogP contribution in [0.4, 0.5) is 5.69 Å². The highest BCUT2D eigenvalue weighted by Gasteiger charge is 2.28. The maximum absolute atomic E-state index is 13.7. The van der Waals surface area contributed by atoms with Gasteiger partial charge in [0.1, 0.15) is 6.54 Å². The molecule has 202 valence electrons. The van der Waals surface area contributed by atoms with Gasteiger partial charge in [0.25, 0.3) is 15.9 Å². The van der Waals surface area contributed by atoms with Gasteiger partial charge in [-0.2, -0.15) is 5.10 Å². The van der Waals surface area contributed by atoms with Gasteiger partial charge in [-0.15, -0.1) is 0 Å². The van der Waals surface area contributed by atoms with Crippen LogP contribution in [0, 0.1) is 6.92 Å². The third-order valence-electron chi connectivity index (χ3n) is 6.07. The van der Waals surface area contributed by atoms with Crippen LogP contribution in [0.3, 0.4) is 0 Å². The normalized spacial score (nSPS) is 12.1. The molecule has 1 N–H and O–H groups in total. The van der Waals surface area contributed by atoms with Gasteiger partial charge in [-0.05, 0) is 54.7 Å². The van der Waals surface area contributed by atoms with Gasteiger partial charge in [-0.3, -0.25) is 9.10 Å². The molecule has 9 heteroatoms. The summed E-state index contributed by atoms with van der Waals surface area (Å²) in [4.78, 5) is 12.9. The maximum atomic E-state index is 13.7. The molecule has 38 heavy (non-hydrogen) atoms. The van der Waals surface area contributed by atoms with Gasteiger partial charge in [-0.25, -0.2) is 13.8 Å². The molecule has 0 atom stereocenters. The number of nitrogens with one attached hydrogen (secondary N) is 1. The number of benzene rings is 3. The van der Waals surface area contributed by atoms with Crippen molar-refractivity contribution in [3.05, 3.63) is 83.4 Å². The third kappa shape index (κ3) is 6.72. The fourth-order valence-electron chi connectivity index (χ4n) is 3.72. The van der Waals surface area contributed by atoms with E-state index in [4.69, 9.17) is 9.47 Å². The second-order valence-corrected chi connectivity index (χ2v) is 11.8. The molecule has 1 amide bonds. The fourth-order valence-corrected chi connectivity index (χ4v) is 5.16. The van der Waals surface area contributed by atoms with Crippen LogP contribution in [-0.2, 0) is 20.2 Å². The van der Waals surface area contributed by atoms with Gasteiger partial charge in [-0.1, -0.05) is 62.7 Å². The minimum atomic E-state index is -4.14. The Morgan fingerprint density at radius 2 is 1.53 bits per heavy atom. The van der Waals surface area contributed by atoms with E-state index in [1.165, 1.54) is 38.0 Å². The molecule has 0 radical (unpaired) electrons. The molecule has 0 aliphatic rings. The number of ether oxygens (including phenoxy) is 2. The number of nitrogens with zero attached hydrogens (tertiary/aromatic N) is 2. The Morgan fingerprint density at radius 1 is 0.921 bits per heavy atom. The molecular weight excluding hydrogens is 502 g/mol. The van der Waals surface area contributed by atoms with Crippen LogP contribution < -0.4 is 19.2 Å². The van der Waals surface area contributed by atoms with Crippen molar-refractivity contribution >= 4 is 27.3 Å². The molecule has 0 bridgehead atoms. The molecule has 0 saturated carbocycles. The molecule has 0 aromatic heterocycles. The lowest BCUT2D eigenvalue weighted by Gasteiger charge is -2.24. The van der Waals surface area contributed by atoms with Crippen LogP contribution in [0.2, 0.25) is 0 Å². The van der Waals surface area contributed by atoms with E-state index in [9.17, 15) is 13.2 Å². The number of methoxy groups -OCH3 is 2. The summed E-state index contributed by atoms with van der Waals surface area (Å²) in [5.74, 6) is 0.0753. The molecule has 0 saturated heterocycles. The number of rotatable bonds is 9. The molecular formula is C29H35N3O5S. The highest BCUT2D eigenvalue weighted by atomic mass is 32.2. The number of hydrazone groups is 1. The first kappa shape index (κ1) is 28.7. The molecule has 0 unspecified atom stereocenters. The van der Waals surface area contributed by atoms with Gasteiger partial charge < -0.3 is 9.47 Å². The van der Waals surface area contributed by atoms with E-state index in [0.717, 1.165) is 15.4 Å². The average molecular weight is 538 g/mol. The molecule has 8 nitrogen and oxygen atoms in total. The minimum Gasteiger partial charge on any atom is -0.493 e. The predicted molar refractivity (Wildman–Crippen MR) is 151 cm³/mol. The largest absolute Gasteiger partial charge is 0.493 e. The monoisotopic (exact) mass is 537 g/mol. The number of anilines is 1. The summed E-state index contributed by atoms with van der Waals surface area (Å²) in [5.41, 5.74) is 6.47. The number of carbonyl (C=O) groups excluding carboxylic acids is 1. The Hall–Kier alpha value is -3.85. The quantitative estimate of drug-likeness (QED) is 0.305. The van der Waals surface area contributed by atoms with E-state index < -0.39 is 22.5 Å². The first-order valence-corrected chi connectivity index (χ1v) is 13.6. The van der Waals surface area contributed by atoms with E-state index in [2.05, 4.69) is 31.3 Å². The van der Waals surface area contributed by atoms with Crippen LogP contribution in [0.1, 0.15) is 44.4 Å². The molecule has 0 fully saturated rings. The van der Waals surface area contributed by atoms with E-state index >= 15 is 0 Å². The summed E-state index contributed by atoms with van der Waals surface area (Å²) in [6, 6.07) is 19.2. The van der Waals surface area contributed by atoms with Gasteiger partial charge >= 0.3 is 0 Å². The van der Waals surface area contributed by atoms with Crippen molar-refractivity contribution in [1.82, 2.24) is 5.43 Å². The van der Waals surface area contributed by atoms with E-state index in [-0.39, 0.29) is 16.1 Å². The van der Waals surface area contributed by atoms with Gasteiger partial charge in [0.15, 0.2) is 11.5 Å². The van der Waals surface area contributed by atoms with E-state index in [1.807, 2.05) is 31.2 Å². The second kappa shape index (κ2) is 11.7. The summed E-state index contributed by atoms with van der Waals surface area (Å²) in [5, 5.41) is 4.21. The number of amides is 1. The van der Waals surface area contributed by atoms with Crippen molar-refractivity contribution in [2.24, 2.45) is 5.10 Å². The smallest absolute Gasteiger partial charge is 0.264 e. The first-order valence-electron chi connectivity index (χ1n) is 12.1. The third-order valence-corrected chi connectivity index (χ3v) is 7.84. The lowest BCUT2D eigenvalue weighted by molar-refractivity contribution is -0.119. The Bertz CT molecular complexity index is 1410. The van der Waals surface area contributed by atoms with Gasteiger partial charge in [0.05, 0.1) is 30.5 Å². The molecule has 0 heterocycles. The standard InChI is InChI=1S/C29H35N3O5S/c1-20-8-14-24(15-9-20)32(38(34,35)25-16-17-26(36-6)27(18-25)37-7)19-28(33)31-30-21(2)22-10-12-23(13-11-22)29(3,4)5/h8-18H,19H2,1-7H3,(H,31,33)/b30-21-.